The Hall–Kier alpha value is 3.45. The Morgan fingerprint density at radius 1 is 1.00 bits per heavy atom. The van der Waals surface area contributed by atoms with Crippen molar-refractivity contribution in [3.63, 3.8) is 0 Å². The van der Waals surface area contributed by atoms with E-state index in [1.165, 1.54) is 0 Å². The summed E-state index contributed by atoms with van der Waals surface area (Å²) < 4.78 is 0. The molecule has 0 aromatic carbocycles. The molecule has 0 saturated carbocycles. The molecule has 5 radical (unpaired) electrons. The monoisotopic (exact) mass is 375 g/mol. The molecule has 0 amide bonds. The van der Waals surface area contributed by atoms with Gasteiger partial charge in [0, 0.05) is 105 Å². The molecule has 2 N–H and O–H groups in total. The van der Waals surface area contributed by atoms with Crippen molar-refractivity contribution < 1.29 is 67.3 Å². The third kappa shape index (κ3) is 18.6. The van der Waals surface area contributed by atoms with Gasteiger partial charge < -0.3 is 5.48 Å². The van der Waals surface area contributed by atoms with Crippen molar-refractivity contribution in [2.45, 2.75) is 0 Å². The molecule has 0 aromatic heterocycles. The number of rotatable bonds is 0. The molecular weight excluding hydrogens is 375 g/mol. The summed E-state index contributed by atoms with van der Waals surface area (Å²) >= 11 is 0. The Kier molecular flexibility index (Phi) is 205. The van der Waals surface area contributed by atoms with Gasteiger partial charge in [-0.15, -0.1) is 0 Å². The van der Waals surface area contributed by atoms with Gasteiger partial charge in [0.15, 0.2) is 0 Å². The van der Waals surface area contributed by atoms with E-state index in [0.29, 0.717) is 0 Å². The van der Waals surface area contributed by atoms with Crippen LogP contribution in [0.25, 0.3) is 0 Å². The topological polar surface area (TPSA) is 31.5 Å². The van der Waals surface area contributed by atoms with Gasteiger partial charge in [-0.2, -0.15) is 0 Å². The minimum atomic E-state index is 0. The van der Waals surface area contributed by atoms with Gasteiger partial charge in [0.05, 0.1) is 0 Å². The van der Waals surface area contributed by atoms with Crippen LogP contribution in [0.4, 0.5) is 0 Å². The van der Waals surface area contributed by atoms with Crippen LogP contribution in [0.2, 0.25) is 0 Å². The van der Waals surface area contributed by atoms with E-state index in [4.69, 9.17) is 0 Å². The second-order valence-corrected chi connectivity index (χ2v) is 0. The maximum Gasteiger partial charge on any atom is 0 e. The molecule has 0 fully saturated rings. The minimum Gasteiger partial charge on any atom is -0.412 e. The van der Waals surface area contributed by atoms with E-state index in [9.17, 15) is 0 Å². The average molecular weight is 377 g/mol. The van der Waals surface area contributed by atoms with Crippen molar-refractivity contribution >= 4 is 43.3 Å². The van der Waals surface area contributed by atoms with Gasteiger partial charge in [0.25, 0.3) is 0 Å². The molecule has 0 atom stereocenters. The fraction of sp³-hybridized carbons (Fsp3) is 0. The summed E-state index contributed by atoms with van der Waals surface area (Å²) in [7, 11) is 0. The zero-order valence-electron chi connectivity index (χ0n) is 3.02. The van der Waals surface area contributed by atoms with E-state index in [-0.39, 0.29) is 111 Å². The van der Waals surface area contributed by atoms with Crippen LogP contribution in [0, 0.1) is 35.6 Å². The predicted molar refractivity (Wildman–Crippen MR) is 15.1 cm³/mol. The van der Waals surface area contributed by atoms with Crippen LogP contribution in [0.15, 0.2) is 0 Å². The first-order valence-corrected chi connectivity index (χ1v) is 0. The zero-order chi connectivity index (χ0) is 0. The van der Waals surface area contributed by atoms with Crippen molar-refractivity contribution in [3.8, 4) is 0 Å². The summed E-state index contributed by atoms with van der Waals surface area (Å²) in [5, 5.41) is 0. The third-order valence-electron chi connectivity index (χ3n) is 0. The number of hydrogen-bond donors (Lipinski definition) is 0. The Morgan fingerprint density at radius 2 is 1.00 bits per heavy atom. The molecule has 1 nitrogen and oxygen atoms in total. The molecule has 0 rings (SSSR count). The molecule has 0 aliphatic carbocycles. The van der Waals surface area contributed by atoms with Gasteiger partial charge in [-0.05, 0) is 0 Å². The van der Waals surface area contributed by atoms with E-state index < -0.39 is 0 Å². The van der Waals surface area contributed by atoms with Crippen LogP contribution in [0.1, 0.15) is 0 Å². The second kappa shape index (κ2) is 26.0. The molecule has 0 saturated heterocycles. The zero-order valence-corrected chi connectivity index (χ0v) is 11.7. The van der Waals surface area contributed by atoms with Crippen LogP contribution in [-0.4, -0.2) is 48.8 Å². The van der Waals surface area contributed by atoms with Gasteiger partial charge in [0.1, 0.15) is 0 Å². The minimum absolute atomic E-state index is 0. The smallest absolute Gasteiger partial charge is 0 e. The Morgan fingerprint density at radius 3 is 1.00 bits per heavy atom. The van der Waals surface area contributed by atoms with E-state index in [2.05, 4.69) is 0 Å². The normalized spacial score (nSPS) is 0. The molecule has 5 heavy (non-hydrogen) atoms. The fourth-order valence-electron chi connectivity index (χ4n) is 0. The molecule has 0 unspecified atom stereocenters. The van der Waals surface area contributed by atoms with E-state index >= 15 is 0 Å². The summed E-state index contributed by atoms with van der Waals surface area (Å²) in [6.45, 7) is 0. The fourth-order valence-corrected chi connectivity index (χ4v) is 0. The summed E-state index contributed by atoms with van der Waals surface area (Å²) in [5.41, 5.74) is 0. The van der Waals surface area contributed by atoms with Crippen molar-refractivity contribution in [1.29, 1.82) is 0 Å². The molecule has 21 valence electrons. The summed E-state index contributed by atoms with van der Waals surface area (Å²) in [4.78, 5) is 0. The molecule has 0 spiro atoms. The van der Waals surface area contributed by atoms with Gasteiger partial charge in [-0.1, -0.05) is 0 Å². The van der Waals surface area contributed by atoms with Gasteiger partial charge in [-0.25, -0.2) is 0 Å². The first-order valence-electron chi connectivity index (χ1n) is 0. The summed E-state index contributed by atoms with van der Waals surface area (Å²) in [6, 6.07) is 0. The van der Waals surface area contributed by atoms with Crippen LogP contribution in [0.3, 0.4) is 0 Å². The maximum absolute atomic E-state index is 0. The summed E-state index contributed by atoms with van der Waals surface area (Å²) in [6.07, 6.45) is 0. The molecule has 5 heteroatoms. The van der Waals surface area contributed by atoms with Crippen molar-refractivity contribution in [2.75, 3.05) is 0 Å². The van der Waals surface area contributed by atoms with Crippen molar-refractivity contribution in [1.82, 2.24) is 0 Å². The first kappa shape index (κ1) is 39.4. The first-order chi connectivity index (χ1) is 0. The average Bonchev–Trinajstić information content (AvgIpc) is 0. The predicted octanol–water partition coefficient (Wildman–Crippen LogP) is -1.59. The van der Waals surface area contributed by atoms with Gasteiger partial charge in [0.2, 0.25) is 0 Å². The third-order valence-corrected chi connectivity index (χ3v) is 0. The largest absolute Gasteiger partial charge is 0.412 e. The molecule has 0 aromatic rings. The van der Waals surface area contributed by atoms with Crippen LogP contribution >= 0.6 is 0 Å². The quantitative estimate of drug-likeness (QED) is 0.457. The molecule has 0 aliphatic heterocycles. The standard InChI is InChI=1S/La.Li.H2O.Sb.Zr/h;;1H2;;. The Labute approximate surface area is 108 Å². The van der Waals surface area contributed by atoms with Gasteiger partial charge in [-0.3, -0.25) is 0 Å². The van der Waals surface area contributed by atoms with Gasteiger partial charge >= 0.3 is 0 Å². The van der Waals surface area contributed by atoms with Crippen LogP contribution in [-0.2, 0) is 26.2 Å². The Bertz CT molecular complexity index is 11.6. The SMILES string of the molecule is O.[La].[Li].[Sb].[Zr]. The second-order valence-electron chi connectivity index (χ2n) is 0. The maximum atomic E-state index is 0. The molecular formula is H2LaLiOSbZr. The van der Waals surface area contributed by atoms with E-state index in [0.717, 1.165) is 0 Å². The molecule has 0 bridgehead atoms. The van der Waals surface area contributed by atoms with Crippen molar-refractivity contribution in [2.24, 2.45) is 0 Å². The van der Waals surface area contributed by atoms with Crippen LogP contribution in [0.5, 0.6) is 0 Å². The van der Waals surface area contributed by atoms with E-state index in [1.54, 1.807) is 0 Å². The Balaban J connectivity index is 0. The van der Waals surface area contributed by atoms with Crippen molar-refractivity contribution in [3.05, 3.63) is 0 Å². The number of hydrogen-bond acceptors (Lipinski definition) is 0. The summed E-state index contributed by atoms with van der Waals surface area (Å²) in [5.74, 6) is 0. The van der Waals surface area contributed by atoms with E-state index in [1.807, 2.05) is 0 Å². The van der Waals surface area contributed by atoms with Crippen LogP contribution < -0.4 is 0 Å². The molecule has 0 heterocycles. The molecule has 0 aliphatic rings.